The van der Waals surface area contributed by atoms with Crippen LogP contribution in [0.2, 0.25) is 0 Å². The smallest absolute Gasteiger partial charge is 0.0726 e. The molecule has 10 aromatic carbocycles. The zero-order valence-electron chi connectivity index (χ0n) is 35.7. The molecule has 2 aliphatic carbocycles. The lowest BCUT2D eigenvalue weighted by molar-refractivity contribution is 0.793. The molecule has 0 fully saturated rings. The molecule has 0 N–H and O–H groups in total. The number of fused-ring (bicyclic) bond motifs is 15. The largest absolute Gasteiger partial charge is 0.310 e. The number of hydrogen-bond donors (Lipinski definition) is 0. The average molecular weight is 827 g/mol. The maximum Gasteiger partial charge on any atom is 0.0726 e. The highest BCUT2D eigenvalue weighted by Crippen LogP contribution is 2.64. The summed E-state index contributed by atoms with van der Waals surface area (Å²) in [6, 6.07) is 81.7. The fourth-order valence-corrected chi connectivity index (χ4v) is 11.9. The molecule has 0 atom stereocenters. The van der Waals surface area contributed by atoms with Crippen LogP contribution in [0.5, 0.6) is 0 Å². The molecule has 0 saturated heterocycles. The lowest BCUT2D eigenvalue weighted by atomic mass is 9.70. The Morgan fingerprint density at radius 1 is 0.323 bits per heavy atom. The minimum absolute atomic E-state index is 0.484. The van der Waals surface area contributed by atoms with Gasteiger partial charge in [-0.25, -0.2) is 0 Å². The molecular weight excluding hydrogens is 785 g/mol. The summed E-state index contributed by atoms with van der Waals surface area (Å²) in [6.45, 7) is 0. The Morgan fingerprint density at radius 2 is 0.785 bits per heavy atom. The number of benzene rings is 10. The quantitative estimate of drug-likeness (QED) is 0.163. The molecule has 0 aromatic heterocycles. The average Bonchev–Trinajstić information content (AvgIpc) is 3.83. The molecule has 0 amide bonds. The van der Waals surface area contributed by atoms with Crippen LogP contribution in [-0.2, 0) is 18.3 Å². The highest BCUT2D eigenvalue weighted by atomic mass is 15.2. The number of para-hydroxylation sites is 4. The maximum atomic E-state index is 2.51. The van der Waals surface area contributed by atoms with Crippen molar-refractivity contribution in [3.63, 3.8) is 0 Å². The topological polar surface area (TPSA) is 6.48 Å². The Labute approximate surface area is 379 Å². The van der Waals surface area contributed by atoms with Gasteiger partial charge in [-0.15, -0.1) is 0 Å². The van der Waals surface area contributed by atoms with Crippen LogP contribution in [0, 0.1) is 0 Å². The number of hydrogen-bond acceptors (Lipinski definition) is 2. The van der Waals surface area contributed by atoms with E-state index < -0.39 is 5.41 Å². The Bertz CT molecular complexity index is 3510. The molecule has 0 radical (unpaired) electrons. The van der Waals surface area contributed by atoms with Crippen molar-refractivity contribution in [3.05, 3.63) is 274 Å². The summed E-state index contributed by atoms with van der Waals surface area (Å²) >= 11 is 0. The van der Waals surface area contributed by atoms with Crippen LogP contribution in [0.1, 0.15) is 55.6 Å². The van der Waals surface area contributed by atoms with Gasteiger partial charge in [0.2, 0.25) is 0 Å². The van der Waals surface area contributed by atoms with Gasteiger partial charge >= 0.3 is 0 Å². The molecule has 10 aromatic rings. The van der Waals surface area contributed by atoms with Crippen molar-refractivity contribution >= 4 is 57.0 Å². The van der Waals surface area contributed by atoms with Gasteiger partial charge in [0.15, 0.2) is 0 Å². The zero-order valence-corrected chi connectivity index (χ0v) is 35.7. The summed E-state index contributed by atoms with van der Waals surface area (Å²) in [5, 5.41) is 2.47. The normalized spacial score (nSPS) is 14.3. The lowest BCUT2D eigenvalue weighted by Gasteiger charge is -2.35. The van der Waals surface area contributed by atoms with Crippen molar-refractivity contribution in [2.45, 2.75) is 18.3 Å². The van der Waals surface area contributed by atoms with Crippen molar-refractivity contribution in [2.75, 3.05) is 9.80 Å². The van der Waals surface area contributed by atoms with Gasteiger partial charge in [0, 0.05) is 46.7 Å². The first-order chi connectivity index (χ1) is 32.2. The third-order valence-corrected chi connectivity index (χ3v) is 14.7. The van der Waals surface area contributed by atoms with Crippen LogP contribution >= 0.6 is 0 Å². The van der Waals surface area contributed by atoms with Crippen molar-refractivity contribution in [1.29, 1.82) is 0 Å². The second-order valence-corrected chi connectivity index (χ2v) is 18.0. The van der Waals surface area contributed by atoms with E-state index in [1.54, 1.807) is 0 Å². The van der Waals surface area contributed by atoms with E-state index in [9.17, 15) is 0 Å². The fraction of sp³-hybridized carbons (Fsp3) is 0.0476. The minimum atomic E-state index is -0.484. The standard InChI is InChI=1S/C63H42N2/c1-11-25-58-43(15-1)38-44-16-2-12-26-59(44)64(58)47-33-35-52-51-34-30-41(37-56(51)63(57(52)40-47)54-23-9-7-20-49(54)50-21-8-10-24-55(50)63)29-31-42-32-36-62(53-22-6-5-19-48(42)53)65-60-27-13-3-17-45(60)39-46-18-4-14-28-61(46)65/h1-37,40H,38-39H2/b31-29+. The van der Waals surface area contributed by atoms with Gasteiger partial charge in [-0.3, -0.25) is 0 Å². The Morgan fingerprint density at radius 3 is 1.38 bits per heavy atom. The van der Waals surface area contributed by atoms with E-state index in [4.69, 9.17) is 0 Å². The predicted molar refractivity (Wildman–Crippen MR) is 271 cm³/mol. The van der Waals surface area contributed by atoms with Crippen LogP contribution in [0.4, 0.5) is 34.1 Å². The fourth-order valence-electron chi connectivity index (χ4n) is 11.9. The van der Waals surface area contributed by atoms with E-state index in [2.05, 4.69) is 240 Å². The second kappa shape index (κ2) is 13.9. The van der Waals surface area contributed by atoms with E-state index in [1.807, 2.05) is 0 Å². The van der Waals surface area contributed by atoms with Gasteiger partial charge in [0.25, 0.3) is 0 Å². The third-order valence-electron chi connectivity index (χ3n) is 14.7. The summed E-state index contributed by atoms with van der Waals surface area (Å²) < 4.78 is 0. The Kier molecular flexibility index (Phi) is 7.76. The number of rotatable bonds is 4. The van der Waals surface area contributed by atoms with Gasteiger partial charge in [0.05, 0.1) is 11.1 Å². The molecule has 2 nitrogen and oxygen atoms in total. The van der Waals surface area contributed by atoms with Crippen LogP contribution in [-0.4, -0.2) is 0 Å². The van der Waals surface area contributed by atoms with Gasteiger partial charge < -0.3 is 9.80 Å². The zero-order chi connectivity index (χ0) is 42.6. The molecule has 0 bridgehead atoms. The summed E-state index contributed by atoms with van der Waals surface area (Å²) in [4.78, 5) is 4.96. The van der Waals surface area contributed by atoms with Crippen molar-refractivity contribution < 1.29 is 0 Å². The molecule has 0 unspecified atom stereocenters. The van der Waals surface area contributed by atoms with Gasteiger partial charge in [-0.2, -0.15) is 0 Å². The van der Waals surface area contributed by atoms with Gasteiger partial charge in [-0.05, 0) is 132 Å². The summed E-state index contributed by atoms with van der Waals surface area (Å²) in [7, 11) is 0. The van der Waals surface area contributed by atoms with Crippen molar-refractivity contribution in [3.8, 4) is 22.3 Å². The lowest BCUT2D eigenvalue weighted by Crippen LogP contribution is -2.26. The molecule has 2 heteroatoms. The molecule has 4 aliphatic rings. The molecule has 14 rings (SSSR count). The van der Waals surface area contributed by atoms with Gasteiger partial charge in [-0.1, -0.05) is 182 Å². The second-order valence-electron chi connectivity index (χ2n) is 18.0. The van der Waals surface area contributed by atoms with Crippen molar-refractivity contribution in [1.82, 2.24) is 0 Å². The number of anilines is 6. The van der Waals surface area contributed by atoms with Crippen LogP contribution in [0.15, 0.2) is 218 Å². The molecule has 1 spiro atoms. The first-order valence-corrected chi connectivity index (χ1v) is 22.8. The van der Waals surface area contributed by atoms with E-state index in [1.165, 1.54) is 123 Å². The predicted octanol–water partition coefficient (Wildman–Crippen LogP) is 16.1. The molecule has 0 saturated carbocycles. The summed E-state index contributed by atoms with van der Waals surface area (Å²) in [5.41, 5.74) is 25.3. The summed E-state index contributed by atoms with van der Waals surface area (Å²) in [5.74, 6) is 0. The first-order valence-electron chi connectivity index (χ1n) is 22.8. The van der Waals surface area contributed by atoms with Crippen LogP contribution < -0.4 is 9.80 Å². The summed E-state index contributed by atoms with van der Waals surface area (Å²) in [6.07, 6.45) is 6.51. The van der Waals surface area contributed by atoms with Crippen LogP contribution in [0.3, 0.4) is 0 Å². The van der Waals surface area contributed by atoms with E-state index in [-0.39, 0.29) is 0 Å². The molecule has 304 valence electrons. The minimum Gasteiger partial charge on any atom is -0.310 e. The third kappa shape index (κ3) is 5.17. The van der Waals surface area contributed by atoms with E-state index >= 15 is 0 Å². The van der Waals surface area contributed by atoms with Crippen LogP contribution in [0.25, 0.3) is 45.2 Å². The Balaban J connectivity index is 0.924. The Hall–Kier alpha value is -8.20. The monoisotopic (exact) mass is 826 g/mol. The van der Waals surface area contributed by atoms with Gasteiger partial charge in [0.1, 0.15) is 0 Å². The molecule has 2 aliphatic heterocycles. The van der Waals surface area contributed by atoms with E-state index in [0.29, 0.717) is 0 Å². The van der Waals surface area contributed by atoms with E-state index in [0.717, 1.165) is 12.8 Å². The maximum absolute atomic E-state index is 2.51. The molecule has 2 heterocycles. The molecule has 65 heavy (non-hydrogen) atoms. The van der Waals surface area contributed by atoms with Crippen molar-refractivity contribution in [2.24, 2.45) is 0 Å². The molecular formula is C63H42N2. The SMILES string of the molecule is C(=C\c1ccc(N2c3ccccc3Cc3ccccc32)c2ccccc12)/c1ccc2c(c1)C1(c3ccccc3-c3ccccc31)c1cc(N3c4ccccc4Cc4ccccc43)ccc1-2. The highest BCUT2D eigenvalue weighted by Gasteiger charge is 2.52. The highest BCUT2D eigenvalue weighted by molar-refractivity contribution is 6.05. The first kappa shape index (κ1) is 36.3. The number of nitrogens with zero attached hydrogens (tertiary/aromatic N) is 2.